The van der Waals surface area contributed by atoms with E-state index >= 15 is 0 Å². The number of anilines is 1. The highest BCUT2D eigenvalue weighted by Gasteiger charge is 2.35. The number of rotatable bonds is 3. The van der Waals surface area contributed by atoms with Gasteiger partial charge in [-0.25, -0.2) is 4.52 Å². The molecule has 1 aliphatic rings. The molecular formula is C14H19BrN4O. The van der Waals surface area contributed by atoms with Gasteiger partial charge in [-0.1, -0.05) is 19.8 Å². The standard InChI is InChI=1S/C14H19BrN4O/c1-10-3-2-6-14(7-10,9-20)17-13-16-12-5-4-11(15)8-19(12)18-13/h4-5,8,10,20H,2-3,6-7,9H2,1H3,(H,17,18). The SMILES string of the molecule is CC1CCCC(CO)(Nc2nc3ccc(Br)cn3n2)C1. The lowest BCUT2D eigenvalue weighted by Crippen LogP contribution is -2.46. The quantitative estimate of drug-likeness (QED) is 0.903. The first-order valence-corrected chi connectivity index (χ1v) is 7.80. The van der Waals surface area contributed by atoms with E-state index in [0.29, 0.717) is 11.9 Å². The van der Waals surface area contributed by atoms with Gasteiger partial charge < -0.3 is 10.4 Å². The Kier molecular flexibility index (Phi) is 3.69. The van der Waals surface area contributed by atoms with Gasteiger partial charge in [-0.05, 0) is 46.8 Å². The van der Waals surface area contributed by atoms with Gasteiger partial charge in [0.25, 0.3) is 0 Å². The molecule has 2 N–H and O–H groups in total. The number of fused-ring (bicyclic) bond motifs is 1. The van der Waals surface area contributed by atoms with Crippen LogP contribution in [0.2, 0.25) is 0 Å². The minimum atomic E-state index is -0.278. The molecule has 2 unspecified atom stereocenters. The molecule has 2 atom stereocenters. The number of pyridine rings is 1. The zero-order chi connectivity index (χ0) is 14.2. The summed E-state index contributed by atoms with van der Waals surface area (Å²) in [7, 11) is 0. The lowest BCUT2D eigenvalue weighted by Gasteiger charge is -2.39. The van der Waals surface area contributed by atoms with Gasteiger partial charge in [0.15, 0.2) is 5.65 Å². The summed E-state index contributed by atoms with van der Waals surface area (Å²) >= 11 is 3.42. The third kappa shape index (κ3) is 2.67. The van der Waals surface area contributed by atoms with Gasteiger partial charge in [-0.2, -0.15) is 4.98 Å². The summed E-state index contributed by atoms with van der Waals surface area (Å²) in [6.07, 6.45) is 6.17. The summed E-state index contributed by atoms with van der Waals surface area (Å²) < 4.78 is 2.70. The van der Waals surface area contributed by atoms with E-state index in [1.165, 1.54) is 6.42 Å². The van der Waals surface area contributed by atoms with Crippen LogP contribution in [0.1, 0.15) is 32.6 Å². The Morgan fingerprint density at radius 2 is 2.40 bits per heavy atom. The zero-order valence-corrected chi connectivity index (χ0v) is 13.1. The number of aromatic nitrogens is 3. The second kappa shape index (κ2) is 5.33. The molecule has 2 aromatic rings. The van der Waals surface area contributed by atoms with Gasteiger partial charge in [0, 0.05) is 10.7 Å². The van der Waals surface area contributed by atoms with E-state index < -0.39 is 0 Å². The van der Waals surface area contributed by atoms with E-state index in [9.17, 15) is 5.11 Å². The van der Waals surface area contributed by atoms with Gasteiger partial charge >= 0.3 is 0 Å². The van der Waals surface area contributed by atoms with Crippen molar-refractivity contribution in [1.29, 1.82) is 0 Å². The highest BCUT2D eigenvalue weighted by Crippen LogP contribution is 2.34. The van der Waals surface area contributed by atoms with Gasteiger partial charge in [0.1, 0.15) is 0 Å². The normalized spacial score (nSPS) is 26.9. The second-order valence-corrected chi connectivity index (χ2v) is 6.77. The summed E-state index contributed by atoms with van der Waals surface area (Å²) in [5.41, 5.74) is 0.521. The molecule has 20 heavy (non-hydrogen) atoms. The number of aliphatic hydroxyl groups excluding tert-OH is 1. The molecule has 0 radical (unpaired) electrons. The molecule has 5 nitrogen and oxygen atoms in total. The summed E-state index contributed by atoms with van der Waals surface area (Å²) in [6.45, 7) is 2.36. The fourth-order valence-electron chi connectivity index (χ4n) is 3.10. The molecule has 2 aromatic heterocycles. The highest BCUT2D eigenvalue weighted by atomic mass is 79.9. The molecule has 3 rings (SSSR count). The number of aliphatic hydroxyl groups is 1. The number of nitrogens with one attached hydrogen (secondary N) is 1. The lowest BCUT2D eigenvalue weighted by molar-refractivity contribution is 0.149. The fraction of sp³-hybridized carbons (Fsp3) is 0.571. The number of halogens is 1. The van der Waals surface area contributed by atoms with Crippen molar-refractivity contribution >= 4 is 27.5 Å². The summed E-state index contributed by atoms with van der Waals surface area (Å²) in [5, 5.41) is 17.6. The number of hydrogen-bond acceptors (Lipinski definition) is 4. The smallest absolute Gasteiger partial charge is 0.243 e. The van der Waals surface area contributed by atoms with Crippen LogP contribution in [0, 0.1) is 5.92 Å². The van der Waals surface area contributed by atoms with Crippen molar-refractivity contribution in [1.82, 2.24) is 14.6 Å². The van der Waals surface area contributed by atoms with Crippen molar-refractivity contribution < 1.29 is 5.11 Å². The molecule has 0 spiro atoms. The third-order valence-corrected chi connectivity index (χ3v) is 4.54. The Morgan fingerprint density at radius 3 is 3.15 bits per heavy atom. The second-order valence-electron chi connectivity index (χ2n) is 5.85. The van der Waals surface area contributed by atoms with Crippen LogP contribution in [0.15, 0.2) is 22.8 Å². The highest BCUT2D eigenvalue weighted by molar-refractivity contribution is 9.10. The minimum Gasteiger partial charge on any atom is -0.394 e. The minimum absolute atomic E-state index is 0.122. The van der Waals surface area contributed by atoms with Gasteiger partial charge in [-0.3, -0.25) is 0 Å². The summed E-state index contributed by atoms with van der Waals surface area (Å²) in [6, 6.07) is 3.86. The van der Waals surface area contributed by atoms with Gasteiger partial charge in [0.05, 0.1) is 12.1 Å². The van der Waals surface area contributed by atoms with Crippen molar-refractivity contribution in [2.24, 2.45) is 5.92 Å². The van der Waals surface area contributed by atoms with Gasteiger partial charge in [-0.15, -0.1) is 5.10 Å². The average Bonchev–Trinajstić information content (AvgIpc) is 2.79. The maximum absolute atomic E-state index is 9.81. The number of nitrogens with zero attached hydrogens (tertiary/aromatic N) is 3. The maximum Gasteiger partial charge on any atom is 0.243 e. The van der Waals surface area contributed by atoms with Crippen molar-refractivity contribution in [2.75, 3.05) is 11.9 Å². The average molecular weight is 339 g/mol. The van der Waals surface area contributed by atoms with Crippen molar-refractivity contribution in [3.05, 3.63) is 22.8 Å². The van der Waals surface area contributed by atoms with Crippen LogP contribution in [-0.4, -0.2) is 31.9 Å². The Hall–Kier alpha value is -1.14. The fourth-order valence-corrected chi connectivity index (χ4v) is 3.43. The molecule has 0 aliphatic heterocycles. The first-order valence-electron chi connectivity index (χ1n) is 7.01. The maximum atomic E-state index is 9.81. The largest absolute Gasteiger partial charge is 0.394 e. The monoisotopic (exact) mass is 338 g/mol. The van der Waals surface area contributed by atoms with Crippen LogP contribution in [0.3, 0.4) is 0 Å². The predicted octanol–water partition coefficient (Wildman–Crippen LogP) is 2.84. The Morgan fingerprint density at radius 1 is 1.55 bits per heavy atom. The topological polar surface area (TPSA) is 62.5 Å². The van der Waals surface area contributed by atoms with E-state index in [0.717, 1.165) is 29.4 Å². The van der Waals surface area contributed by atoms with E-state index in [2.05, 4.69) is 38.3 Å². The molecule has 6 heteroatoms. The van der Waals surface area contributed by atoms with Crippen molar-refractivity contribution in [3.63, 3.8) is 0 Å². The number of hydrogen-bond donors (Lipinski definition) is 2. The molecule has 108 valence electrons. The molecule has 0 saturated heterocycles. The molecule has 1 aliphatic carbocycles. The lowest BCUT2D eigenvalue weighted by atomic mass is 9.77. The Bertz CT molecular complexity index is 614. The third-order valence-electron chi connectivity index (χ3n) is 4.07. The van der Waals surface area contributed by atoms with Crippen molar-refractivity contribution in [2.45, 2.75) is 38.1 Å². The van der Waals surface area contributed by atoms with Crippen LogP contribution in [0.25, 0.3) is 5.65 Å². The Labute approximate surface area is 126 Å². The summed E-state index contributed by atoms with van der Waals surface area (Å²) in [5.74, 6) is 1.21. The molecule has 2 heterocycles. The molecule has 0 amide bonds. The van der Waals surface area contributed by atoms with Gasteiger partial charge in [0.2, 0.25) is 5.95 Å². The van der Waals surface area contributed by atoms with E-state index in [1.807, 2.05) is 18.3 Å². The summed E-state index contributed by atoms with van der Waals surface area (Å²) in [4.78, 5) is 4.47. The van der Waals surface area contributed by atoms with E-state index in [1.54, 1.807) is 4.52 Å². The molecule has 1 saturated carbocycles. The molecular weight excluding hydrogens is 320 g/mol. The predicted molar refractivity (Wildman–Crippen MR) is 81.8 cm³/mol. The van der Waals surface area contributed by atoms with Crippen LogP contribution in [0.4, 0.5) is 5.95 Å². The van der Waals surface area contributed by atoms with Crippen LogP contribution in [-0.2, 0) is 0 Å². The van der Waals surface area contributed by atoms with Crippen LogP contribution < -0.4 is 5.32 Å². The molecule has 0 aromatic carbocycles. The van der Waals surface area contributed by atoms with Crippen LogP contribution >= 0.6 is 15.9 Å². The zero-order valence-electron chi connectivity index (χ0n) is 11.5. The molecule has 1 fully saturated rings. The Balaban J connectivity index is 1.87. The van der Waals surface area contributed by atoms with E-state index in [4.69, 9.17) is 0 Å². The first kappa shape index (κ1) is 13.8. The van der Waals surface area contributed by atoms with E-state index in [-0.39, 0.29) is 12.1 Å². The van der Waals surface area contributed by atoms with Crippen molar-refractivity contribution in [3.8, 4) is 0 Å². The first-order chi connectivity index (χ1) is 9.60. The molecule has 0 bridgehead atoms. The van der Waals surface area contributed by atoms with Crippen LogP contribution in [0.5, 0.6) is 0 Å².